The van der Waals surface area contributed by atoms with Crippen molar-refractivity contribution in [2.45, 2.75) is 6.04 Å². The SMILES string of the molecule is COc1ccc(C2CSCCN2)c(OC)c1. The summed E-state index contributed by atoms with van der Waals surface area (Å²) < 4.78 is 10.6. The van der Waals surface area contributed by atoms with E-state index >= 15 is 0 Å². The highest BCUT2D eigenvalue weighted by molar-refractivity contribution is 7.99. The second-order valence-electron chi connectivity index (χ2n) is 3.69. The van der Waals surface area contributed by atoms with Gasteiger partial charge < -0.3 is 14.8 Å². The fraction of sp³-hybridized carbons (Fsp3) is 0.500. The van der Waals surface area contributed by atoms with Gasteiger partial charge in [-0.1, -0.05) is 6.07 Å². The molecule has 1 aromatic carbocycles. The minimum absolute atomic E-state index is 0.389. The van der Waals surface area contributed by atoms with Gasteiger partial charge in [-0.2, -0.15) is 11.8 Å². The van der Waals surface area contributed by atoms with Crippen LogP contribution in [0.25, 0.3) is 0 Å². The van der Waals surface area contributed by atoms with Crippen LogP contribution in [0, 0.1) is 0 Å². The molecule has 0 spiro atoms. The summed E-state index contributed by atoms with van der Waals surface area (Å²) in [7, 11) is 3.37. The number of hydrogen-bond donors (Lipinski definition) is 1. The first-order chi connectivity index (χ1) is 7.85. The standard InChI is InChI=1S/C12H17NO2S/c1-14-9-3-4-10(12(7-9)15-2)11-8-16-6-5-13-11/h3-4,7,11,13H,5-6,8H2,1-2H3. The topological polar surface area (TPSA) is 30.5 Å². The van der Waals surface area contributed by atoms with Crippen LogP contribution in [-0.4, -0.2) is 32.3 Å². The Hall–Kier alpha value is -0.870. The third-order valence-electron chi connectivity index (χ3n) is 2.74. The van der Waals surface area contributed by atoms with E-state index in [0.717, 1.165) is 23.8 Å². The van der Waals surface area contributed by atoms with Crippen LogP contribution in [0.1, 0.15) is 11.6 Å². The summed E-state index contributed by atoms with van der Waals surface area (Å²) in [5.74, 6) is 4.03. The lowest BCUT2D eigenvalue weighted by Gasteiger charge is -2.25. The van der Waals surface area contributed by atoms with Gasteiger partial charge in [-0.3, -0.25) is 0 Å². The lowest BCUT2D eigenvalue weighted by atomic mass is 10.1. The van der Waals surface area contributed by atoms with Crippen LogP contribution < -0.4 is 14.8 Å². The van der Waals surface area contributed by atoms with Crippen LogP contribution in [0.3, 0.4) is 0 Å². The predicted molar refractivity (Wildman–Crippen MR) is 67.6 cm³/mol. The summed E-state index contributed by atoms with van der Waals surface area (Å²) in [5.41, 5.74) is 1.22. The maximum atomic E-state index is 5.41. The molecule has 1 aliphatic rings. The van der Waals surface area contributed by atoms with E-state index in [0.29, 0.717) is 6.04 Å². The minimum atomic E-state index is 0.389. The van der Waals surface area contributed by atoms with E-state index in [-0.39, 0.29) is 0 Å². The zero-order valence-electron chi connectivity index (χ0n) is 9.66. The molecule has 1 N–H and O–H groups in total. The van der Waals surface area contributed by atoms with E-state index in [1.54, 1.807) is 14.2 Å². The molecule has 4 heteroatoms. The lowest BCUT2D eigenvalue weighted by molar-refractivity contribution is 0.386. The summed E-state index contributed by atoms with van der Waals surface area (Å²) in [6, 6.07) is 6.40. The molecular weight excluding hydrogens is 222 g/mol. The molecule has 1 heterocycles. The van der Waals surface area contributed by atoms with Gasteiger partial charge in [0.25, 0.3) is 0 Å². The molecule has 1 saturated heterocycles. The molecule has 0 aromatic heterocycles. The third-order valence-corrected chi connectivity index (χ3v) is 3.80. The average Bonchev–Trinajstić information content (AvgIpc) is 2.39. The van der Waals surface area contributed by atoms with Gasteiger partial charge in [0.2, 0.25) is 0 Å². The van der Waals surface area contributed by atoms with Gasteiger partial charge in [-0.15, -0.1) is 0 Å². The van der Waals surface area contributed by atoms with E-state index in [2.05, 4.69) is 11.4 Å². The molecule has 0 bridgehead atoms. The Morgan fingerprint density at radius 1 is 1.31 bits per heavy atom. The number of benzene rings is 1. The van der Waals surface area contributed by atoms with Crippen molar-refractivity contribution in [2.24, 2.45) is 0 Å². The highest BCUT2D eigenvalue weighted by Gasteiger charge is 2.19. The number of methoxy groups -OCH3 is 2. The molecule has 1 aromatic rings. The highest BCUT2D eigenvalue weighted by Crippen LogP contribution is 2.32. The van der Waals surface area contributed by atoms with Crippen molar-refractivity contribution < 1.29 is 9.47 Å². The Bertz CT molecular complexity index is 351. The molecule has 0 amide bonds. The smallest absolute Gasteiger partial charge is 0.127 e. The molecule has 0 saturated carbocycles. The van der Waals surface area contributed by atoms with E-state index in [1.165, 1.54) is 11.3 Å². The van der Waals surface area contributed by atoms with Gasteiger partial charge in [0.05, 0.1) is 14.2 Å². The van der Waals surface area contributed by atoms with E-state index in [9.17, 15) is 0 Å². The van der Waals surface area contributed by atoms with Crippen LogP contribution in [0.15, 0.2) is 18.2 Å². The number of thioether (sulfide) groups is 1. The quantitative estimate of drug-likeness (QED) is 0.875. The minimum Gasteiger partial charge on any atom is -0.497 e. The van der Waals surface area contributed by atoms with Crippen LogP contribution in [0.2, 0.25) is 0 Å². The van der Waals surface area contributed by atoms with Gasteiger partial charge in [-0.25, -0.2) is 0 Å². The van der Waals surface area contributed by atoms with Crippen molar-refractivity contribution in [3.63, 3.8) is 0 Å². The van der Waals surface area contributed by atoms with Crippen molar-refractivity contribution in [3.05, 3.63) is 23.8 Å². The second-order valence-corrected chi connectivity index (χ2v) is 4.84. The van der Waals surface area contributed by atoms with Crippen molar-refractivity contribution in [1.82, 2.24) is 5.32 Å². The second kappa shape index (κ2) is 5.46. The molecule has 2 rings (SSSR count). The fourth-order valence-electron chi connectivity index (χ4n) is 1.87. The number of hydrogen-bond acceptors (Lipinski definition) is 4. The number of ether oxygens (including phenoxy) is 2. The molecule has 1 fully saturated rings. The molecule has 3 nitrogen and oxygen atoms in total. The van der Waals surface area contributed by atoms with Crippen molar-refractivity contribution in [1.29, 1.82) is 0 Å². The van der Waals surface area contributed by atoms with Crippen molar-refractivity contribution >= 4 is 11.8 Å². The molecule has 0 radical (unpaired) electrons. The third kappa shape index (κ3) is 2.44. The zero-order chi connectivity index (χ0) is 11.4. The predicted octanol–water partition coefficient (Wildman–Crippen LogP) is 2.08. The van der Waals surface area contributed by atoms with Crippen LogP contribution >= 0.6 is 11.8 Å². The summed E-state index contributed by atoms with van der Waals surface area (Å²) >= 11 is 1.98. The summed E-state index contributed by atoms with van der Waals surface area (Å²) in [4.78, 5) is 0. The van der Waals surface area contributed by atoms with Crippen molar-refractivity contribution in [2.75, 3.05) is 32.3 Å². The molecule has 1 unspecified atom stereocenters. The Morgan fingerprint density at radius 3 is 2.81 bits per heavy atom. The van der Waals surface area contributed by atoms with Gasteiger partial charge in [0.1, 0.15) is 11.5 Å². The summed E-state index contributed by atoms with van der Waals surface area (Å²) in [5, 5.41) is 3.51. The molecular formula is C12H17NO2S. The fourth-order valence-corrected chi connectivity index (χ4v) is 2.83. The molecule has 0 aliphatic carbocycles. The van der Waals surface area contributed by atoms with Crippen LogP contribution in [0.5, 0.6) is 11.5 Å². The molecule has 16 heavy (non-hydrogen) atoms. The maximum Gasteiger partial charge on any atom is 0.127 e. The van der Waals surface area contributed by atoms with Gasteiger partial charge in [-0.05, 0) is 6.07 Å². The van der Waals surface area contributed by atoms with E-state index in [4.69, 9.17) is 9.47 Å². The first-order valence-electron chi connectivity index (χ1n) is 5.38. The normalized spacial score (nSPS) is 20.5. The summed E-state index contributed by atoms with van der Waals surface area (Å²) in [6.45, 7) is 1.06. The Balaban J connectivity index is 2.24. The van der Waals surface area contributed by atoms with Gasteiger partial charge in [0.15, 0.2) is 0 Å². The first-order valence-corrected chi connectivity index (χ1v) is 6.53. The maximum absolute atomic E-state index is 5.41. The van der Waals surface area contributed by atoms with Gasteiger partial charge in [0, 0.05) is 35.7 Å². The van der Waals surface area contributed by atoms with Crippen LogP contribution in [0.4, 0.5) is 0 Å². The molecule has 1 aliphatic heterocycles. The monoisotopic (exact) mass is 239 g/mol. The summed E-state index contributed by atoms with van der Waals surface area (Å²) in [6.07, 6.45) is 0. The number of rotatable bonds is 3. The molecule has 1 atom stereocenters. The van der Waals surface area contributed by atoms with E-state index in [1.807, 2.05) is 23.9 Å². The highest BCUT2D eigenvalue weighted by atomic mass is 32.2. The zero-order valence-corrected chi connectivity index (χ0v) is 10.5. The van der Waals surface area contributed by atoms with Crippen molar-refractivity contribution in [3.8, 4) is 11.5 Å². The lowest BCUT2D eigenvalue weighted by Crippen LogP contribution is -2.30. The average molecular weight is 239 g/mol. The van der Waals surface area contributed by atoms with Crippen LogP contribution in [-0.2, 0) is 0 Å². The Morgan fingerprint density at radius 2 is 2.19 bits per heavy atom. The largest absolute Gasteiger partial charge is 0.497 e. The van der Waals surface area contributed by atoms with E-state index < -0.39 is 0 Å². The van der Waals surface area contributed by atoms with Gasteiger partial charge >= 0.3 is 0 Å². The Kier molecular flexibility index (Phi) is 3.96. The first kappa shape index (κ1) is 11.6. The Labute approximate surface area is 101 Å². The number of nitrogens with one attached hydrogen (secondary N) is 1. The molecule has 88 valence electrons.